The molecule has 0 saturated carbocycles. The van der Waals surface area contributed by atoms with Crippen LogP contribution in [-0.4, -0.2) is 31.8 Å². The molecule has 0 aliphatic heterocycles. The van der Waals surface area contributed by atoms with Crippen LogP contribution in [0.15, 0.2) is 18.2 Å². The SMILES string of the molecule is CC(C)(C)S(=O)(=O)NCCCCC(=O)Nc1ccc2c(c1)CC(F)C2. The molecule has 1 aromatic carbocycles. The summed E-state index contributed by atoms with van der Waals surface area (Å²) < 4.78 is 38.9. The zero-order valence-electron chi connectivity index (χ0n) is 15.1. The van der Waals surface area contributed by atoms with Crippen LogP contribution in [0.25, 0.3) is 0 Å². The largest absolute Gasteiger partial charge is 0.326 e. The summed E-state index contributed by atoms with van der Waals surface area (Å²) in [5.41, 5.74) is 2.66. The number of hydrogen-bond acceptors (Lipinski definition) is 3. The number of amides is 1. The third-order valence-electron chi connectivity index (χ3n) is 4.30. The molecule has 1 unspecified atom stereocenters. The number of carbonyl (C=O) groups excluding carboxylic acids is 1. The van der Waals surface area contributed by atoms with Crippen LogP contribution in [0.4, 0.5) is 10.1 Å². The molecular formula is C18H27FN2O3S. The smallest absolute Gasteiger partial charge is 0.224 e. The number of anilines is 1. The summed E-state index contributed by atoms with van der Waals surface area (Å²) in [5.74, 6) is -0.117. The van der Waals surface area contributed by atoms with E-state index in [1.807, 2.05) is 12.1 Å². The fourth-order valence-electron chi connectivity index (χ4n) is 2.70. The maximum Gasteiger partial charge on any atom is 0.224 e. The van der Waals surface area contributed by atoms with E-state index >= 15 is 0 Å². The summed E-state index contributed by atoms with van der Waals surface area (Å²) in [5, 5.41) is 2.82. The van der Waals surface area contributed by atoms with Gasteiger partial charge < -0.3 is 5.32 Å². The van der Waals surface area contributed by atoms with Gasteiger partial charge in [-0.2, -0.15) is 0 Å². The highest BCUT2D eigenvalue weighted by Gasteiger charge is 2.28. The van der Waals surface area contributed by atoms with Crippen molar-refractivity contribution in [2.45, 2.75) is 63.8 Å². The van der Waals surface area contributed by atoms with Crippen LogP contribution in [-0.2, 0) is 27.7 Å². The lowest BCUT2D eigenvalue weighted by atomic mass is 10.1. The Morgan fingerprint density at radius 1 is 1.20 bits per heavy atom. The Morgan fingerprint density at radius 3 is 2.56 bits per heavy atom. The minimum Gasteiger partial charge on any atom is -0.326 e. The van der Waals surface area contributed by atoms with Gasteiger partial charge in [-0.25, -0.2) is 17.5 Å². The fraction of sp³-hybridized carbons (Fsp3) is 0.611. The molecule has 0 aromatic heterocycles. The van der Waals surface area contributed by atoms with E-state index in [1.54, 1.807) is 26.8 Å². The fourth-order valence-corrected chi connectivity index (χ4v) is 3.55. The molecule has 1 aliphatic rings. The molecule has 0 heterocycles. The molecular weight excluding hydrogens is 343 g/mol. The summed E-state index contributed by atoms with van der Waals surface area (Å²) in [6.45, 7) is 5.25. The molecule has 0 fully saturated rings. The van der Waals surface area contributed by atoms with Crippen LogP contribution in [0.1, 0.15) is 51.2 Å². The van der Waals surface area contributed by atoms with Crippen LogP contribution in [0, 0.1) is 0 Å². The molecule has 0 saturated heterocycles. The number of halogens is 1. The highest BCUT2D eigenvalue weighted by atomic mass is 32.2. The number of hydrogen-bond donors (Lipinski definition) is 2. The van der Waals surface area contributed by atoms with Gasteiger partial charge in [-0.3, -0.25) is 4.79 Å². The zero-order chi connectivity index (χ0) is 18.7. The van der Waals surface area contributed by atoms with Crippen LogP contribution in [0.3, 0.4) is 0 Å². The summed E-state index contributed by atoms with van der Waals surface area (Å²) in [7, 11) is -3.34. The Hall–Kier alpha value is -1.47. The molecule has 1 amide bonds. The van der Waals surface area contributed by atoms with Gasteiger partial charge in [0.1, 0.15) is 6.17 Å². The first-order chi connectivity index (χ1) is 11.6. The molecule has 0 bridgehead atoms. The van der Waals surface area contributed by atoms with Gasteiger partial charge in [-0.1, -0.05) is 6.07 Å². The minimum atomic E-state index is -3.34. The molecule has 1 atom stereocenters. The number of alkyl halides is 1. The molecule has 2 N–H and O–H groups in total. The minimum absolute atomic E-state index is 0.117. The highest BCUT2D eigenvalue weighted by Crippen LogP contribution is 2.27. The van der Waals surface area contributed by atoms with Crippen molar-refractivity contribution < 1.29 is 17.6 Å². The molecule has 2 rings (SSSR count). The van der Waals surface area contributed by atoms with Gasteiger partial charge in [0.05, 0.1) is 4.75 Å². The van der Waals surface area contributed by atoms with E-state index in [1.165, 1.54) is 0 Å². The third kappa shape index (κ3) is 5.51. The summed E-state index contributed by atoms with van der Waals surface area (Å²) in [4.78, 5) is 12.0. The molecule has 0 spiro atoms. The Kier molecular flexibility index (Phi) is 6.21. The Balaban J connectivity index is 1.71. The lowest BCUT2D eigenvalue weighted by Crippen LogP contribution is -2.39. The molecule has 5 nitrogen and oxygen atoms in total. The molecule has 7 heteroatoms. The van der Waals surface area contributed by atoms with Gasteiger partial charge in [0, 0.05) is 31.5 Å². The number of sulfonamides is 1. The first-order valence-corrected chi connectivity index (χ1v) is 10.1. The second-order valence-electron chi connectivity index (χ2n) is 7.50. The molecule has 1 aliphatic carbocycles. The second-order valence-corrected chi connectivity index (χ2v) is 10.0. The third-order valence-corrected chi connectivity index (χ3v) is 6.50. The van der Waals surface area contributed by atoms with Crippen molar-refractivity contribution in [3.8, 4) is 0 Å². The van der Waals surface area contributed by atoms with Gasteiger partial charge in [-0.05, 0) is 56.9 Å². The van der Waals surface area contributed by atoms with Crippen LogP contribution >= 0.6 is 0 Å². The molecule has 1 aromatic rings. The number of carbonyl (C=O) groups is 1. The van der Waals surface area contributed by atoms with Crippen molar-refractivity contribution in [2.75, 3.05) is 11.9 Å². The quantitative estimate of drug-likeness (QED) is 0.725. The Morgan fingerprint density at radius 2 is 1.88 bits per heavy atom. The van der Waals surface area contributed by atoms with E-state index in [0.717, 1.165) is 11.1 Å². The van der Waals surface area contributed by atoms with Crippen molar-refractivity contribution in [1.29, 1.82) is 0 Å². The van der Waals surface area contributed by atoms with Crippen molar-refractivity contribution in [1.82, 2.24) is 4.72 Å². The first kappa shape index (κ1) is 19.8. The number of rotatable bonds is 7. The van der Waals surface area contributed by atoms with Gasteiger partial charge in [-0.15, -0.1) is 0 Å². The average molecular weight is 370 g/mol. The average Bonchev–Trinajstić information content (AvgIpc) is 2.85. The molecule has 140 valence electrons. The van der Waals surface area contributed by atoms with E-state index in [0.29, 0.717) is 44.3 Å². The Bertz CT molecular complexity index is 726. The van der Waals surface area contributed by atoms with Crippen molar-refractivity contribution in [2.24, 2.45) is 0 Å². The number of nitrogens with one attached hydrogen (secondary N) is 2. The number of fused-ring (bicyclic) bond motifs is 1. The normalized spacial score (nSPS) is 17.4. The standard InChI is InChI=1S/C18H27FN2O3S/c1-18(2,3)25(23,24)20-9-5-4-6-17(22)21-16-8-7-13-10-15(19)11-14(13)12-16/h7-8,12,15,20H,4-6,9-11H2,1-3H3,(H,21,22). The summed E-state index contributed by atoms with van der Waals surface area (Å²) in [6, 6.07) is 5.50. The van der Waals surface area contributed by atoms with E-state index in [4.69, 9.17) is 0 Å². The van der Waals surface area contributed by atoms with Crippen LogP contribution < -0.4 is 10.0 Å². The predicted octanol–water partition coefficient (Wildman–Crippen LogP) is 2.95. The molecule has 25 heavy (non-hydrogen) atoms. The van der Waals surface area contributed by atoms with Crippen LogP contribution in [0.5, 0.6) is 0 Å². The van der Waals surface area contributed by atoms with Crippen molar-refractivity contribution >= 4 is 21.6 Å². The lowest BCUT2D eigenvalue weighted by Gasteiger charge is -2.19. The van der Waals surface area contributed by atoms with E-state index in [2.05, 4.69) is 10.0 Å². The van der Waals surface area contributed by atoms with Gasteiger partial charge in [0.2, 0.25) is 15.9 Å². The summed E-state index contributed by atoms with van der Waals surface area (Å²) >= 11 is 0. The van der Waals surface area contributed by atoms with Gasteiger partial charge >= 0.3 is 0 Å². The maximum atomic E-state index is 13.4. The zero-order valence-corrected chi connectivity index (χ0v) is 15.9. The lowest BCUT2D eigenvalue weighted by molar-refractivity contribution is -0.116. The van der Waals surface area contributed by atoms with Gasteiger partial charge in [0.15, 0.2) is 0 Å². The van der Waals surface area contributed by atoms with E-state index in [9.17, 15) is 17.6 Å². The van der Waals surface area contributed by atoms with Gasteiger partial charge in [0.25, 0.3) is 0 Å². The number of unbranched alkanes of at least 4 members (excludes halogenated alkanes) is 1. The van der Waals surface area contributed by atoms with Crippen molar-refractivity contribution in [3.63, 3.8) is 0 Å². The topological polar surface area (TPSA) is 75.3 Å². The van der Waals surface area contributed by atoms with E-state index in [-0.39, 0.29) is 5.91 Å². The second kappa shape index (κ2) is 7.83. The molecule has 0 radical (unpaired) electrons. The van der Waals surface area contributed by atoms with Crippen molar-refractivity contribution in [3.05, 3.63) is 29.3 Å². The monoisotopic (exact) mass is 370 g/mol. The predicted molar refractivity (Wildman–Crippen MR) is 97.9 cm³/mol. The first-order valence-electron chi connectivity index (χ1n) is 8.63. The maximum absolute atomic E-state index is 13.4. The Labute approximate surface area is 149 Å². The number of benzene rings is 1. The van der Waals surface area contributed by atoms with Crippen LogP contribution in [0.2, 0.25) is 0 Å². The highest BCUT2D eigenvalue weighted by molar-refractivity contribution is 7.90. The summed E-state index contributed by atoms with van der Waals surface area (Å²) in [6.07, 6.45) is 1.55. The van der Waals surface area contributed by atoms with E-state index < -0.39 is 20.9 Å².